The number of rotatable bonds is 4. The smallest absolute Gasteiger partial charge is 0.347 e. The van der Waals surface area contributed by atoms with Gasteiger partial charge in [0.25, 0.3) is 0 Å². The van der Waals surface area contributed by atoms with Gasteiger partial charge in [-0.15, -0.1) is 0 Å². The zero-order valence-corrected chi connectivity index (χ0v) is 16.4. The fourth-order valence-corrected chi connectivity index (χ4v) is 4.46. The standard InChI is InChI=1S/C19H20IN5O/c20-18-13-23(12-15-4-2-1-3-5-15)10-11-24(18)16-6-8-17(9-7-16)25-14-21-22-19(25)26/h1-9,14,18H,10-13H2,(H,22,26). The normalized spacial score (nSPS) is 18.2. The third-order valence-electron chi connectivity index (χ3n) is 4.66. The summed E-state index contributed by atoms with van der Waals surface area (Å²) < 4.78 is 1.91. The Labute approximate surface area is 165 Å². The molecule has 2 heterocycles. The Morgan fingerprint density at radius 3 is 2.42 bits per heavy atom. The number of nitrogens with zero attached hydrogens (tertiary/aromatic N) is 4. The molecule has 1 saturated heterocycles. The molecular weight excluding hydrogens is 441 g/mol. The molecule has 1 atom stereocenters. The molecule has 0 radical (unpaired) electrons. The molecule has 1 aliphatic heterocycles. The van der Waals surface area contributed by atoms with Crippen molar-refractivity contribution in [1.29, 1.82) is 0 Å². The number of halogens is 1. The van der Waals surface area contributed by atoms with Gasteiger partial charge in [-0.25, -0.2) is 14.5 Å². The maximum absolute atomic E-state index is 11.7. The molecule has 4 rings (SSSR count). The number of alkyl halides is 1. The highest BCUT2D eigenvalue weighted by Gasteiger charge is 2.25. The summed E-state index contributed by atoms with van der Waals surface area (Å²) in [5.74, 6) is 0. The van der Waals surface area contributed by atoms with Gasteiger partial charge in [0.15, 0.2) is 0 Å². The summed E-state index contributed by atoms with van der Waals surface area (Å²) in [6, 6.07) is 18.7. The summed E-state index contributed by atoms with van der Waals surface area (Å²) in [4.78, 5) is 16.6. The molecule has 1 fully saturated rings. The highest BCUT2D eigenvalue weighted by molar-refractivity contribution is 14.1. The van der Waals surface area contributed by atoms with Gasteiger partial charge in [0.05, 0.1) is 9.74 Å². The fraction of sp³-hybridized carbons (Fsp3) is 0.263. The van der Waals surface area contributed by atoms with E-state index in [9.17, 15) is 4.79 Å². The van der Waals surface area contributed by atoms with Crippen molar-refractivity contribution < 1.29 is 0 Å². The Kier molecular flexibility index (Phi) is 5.07. The molecule has 0 amide bonds. The van der Waals surface area contributed by atoms with E-state index in [1.165, 1.54) is 22.1 Å². The summed E-state index contributed by atoms with van der Waals surface area (Å²) in [5.41, 5.74) is 3.14. The van der Waals surface area contributed by atoms with Gasteiger partial charge in [0.2, 0.25) is 0 Å². The Bertz CT molecular complexity index is 905. The van der Waals surface area contributed by atoms with Gasteiger partial charge in [-0.3, -0.25) is 4.90 Å². The number of hydrogen-bond donors (Lipinski definition) is 1. The average Bonchev–Trinajstić information content (AvgIpc) is 3.09. The van der Waals surface area contributed by atoms with Crippen LogP contribution >= 0.6 is 22.6 Å². The minimum absolute atomic E-state index is 0.223. The van der Waals surface area contributed by atoms with E-state index in [0.717, 1.165) is 31.9 Å². The molecule has 7 heteroatoms. The number of benzene rings is 2. The lowest BCUT2D eigenvalue weighted by Crippen LogP contribution is -2.50. The van der Waals surface area contributed by atoms with Gasteiger partial charge in [-0.05, 0) is 29.8 Å². The maximum atomic E-state index is 11.7. The van der Waals surface area contributed by atoms with Crippen LogP contribution < -0.4 is 10.6 Å². The molecule has 3 aromatic rings. The second-order valence-electron chi connectivity index (χ2n) is 6.40. The van der Waals surface area contributed by atoms with Crippen molar-refractivity contribution in [2.24, 2.45) is 0 Å². The number of aromatic amines is 1. The largest absolute Gasteiger partial charge is 0.357 e. The molecule has 1 aromatic heterocycles. The summed E-state index contributed by atoms with van der Waals surface area (Å²) in [5, 5.41) is 6.19. The lowest BCUT2D eigenvalue weighted by Gasteiger charge is -2.40. The highest BCUT2D eigenvalue weighted by atomic mass is 127. The van der Waals surface area contributed by atoms with Crippen LogP contribution in [0.1, 0.15) is 5.56 Å². The van der Waals surface area contributed by atoms with E-state index in [2.05, 4.69) is 85.1 Å². The number of anilines is 1. The highest BCUT2D eigenvalue weighted by Crippen LogP contribution is 2.25. The van der Waals surface area contributed by atoms with Crippen molar-refractivity contribution in [3.63, 3.8) is 0 Å². The van der Waals surface area contributed by atoms with Crippen LogP contribution in [0.3, 0.4) is 0 Å². The predicted molar refractivity (Wildman–Crippen MR) is 111 cm³/mol. The molecule has 26 heavy (non-hydrogen) atoms. The molecule has 0 bridgehead atoms. The van der Waals surface area contributed by atoms with Crippen LogP contribution in [-0.4, -0.2) is 43.3 Å². The van der Waals surface area contributed by atoms with Crippen molar-refractivity contribution in [2.45, 2.75) is 10.6 Å². The molecule has 1 unspecified atom stereocenters. The Morgan fingerprint density at radius 2 is 1.77 bits per heavy atom. The topological polar surface area (TPSA) is 57.2 Å². The molecule has 1 N–H and O–H groups in total. The second kappa shape index (κ2) is 7.63. The van der Waals surface area contributed by atoms with Crippen LogP contribution in [0.4, 0.5) is 5.69 Å². The number of nitrogens with one attached hydrogen (secondary N) is 1. The Hall–Kier alpha value is -2.13. The van der Waals surface area contributed by atoms with Crippen LogP contribution in [0, 0.1) is 0 Å². The van der Waals surface area contributed by atoms with E-state index in [1.807, 2.05) is 12.1 Å². The zero-order valence-electron chi connectivity index (χ0n) is 14.3. The molecule has 0 aliphatic carbocycles. The Balaban J connectivity index is 1.43. The molecule has 1 aliphatic rings. The summed E-state index contributed by atoms with van der Waals surface area (Å²) in [6.07, 6.45) is 1.50. The van der Waals surface area contributed by atoms with Gasteiger partial charge in [-0.2, -0.15) is 5.10 Å². The van der Waals surface area contributed by atoms with Gasteiger partial charge in [-0.1, -0.05) is 52.9 Å². The number of piperazine rings is 1. The van der Waals surface area contributed by atoms with Crippen molar-refractivity contribution in [3.8, 4) is 5.69 Å². The number of aromatic nitrogens is 3. The first-order chi connectivity index (χ1) is 12.7. The lowest BCUT2D eigenvalue weighted by molar-refractivity contribution is 0.245. The quantitative estimate of drug-likeness (QED) is 0.369. The lowest BCUT2D eigenvalue weighted by atomic mass is 10.2. The van der Waals surface area contributed by atoms with Crippen molar-refractivity contribution >= 4 is 28.3 Å². The van der Waals surface area contributed by atoms with Crippen molar-refractivity contribution in [1.82, 2.24) is 19.7 Å². The van der Waals surface area contributed by atoms with Gasteiger partial charge in [0.1, 0.15) is 6.33 Å². The SMILES string of the molecule is O=c1[nH]ncn1-c1ccc(N2CCN(Cc3ccccc3)CC2I)cc1. The van der Waals surface area contributed by atoms with Crippen LogP contribution in [0.25, 0.3) is 5.69 Å². The van der Waals surface area contributed by atoms with Crippen LogP contribution in [0.15, 0.2) is 65.7 Å². The fourth-order valence-electron chi connectivity index (χ4n) is 3.30. The summed E-state index contributed by atoms with van der Waals surface area (Å²) >= 11 is 2.52. The van der Waals surface area contributed by atoms with Crippen molar-refractivity contribution in [3.05, 3.63) is 77.0 Å². The molecule has 2 aromatic carbocycles. The summed E-state index contributed by atoms with van der Waals surface area (Å²) in [7, 11) is 0. The zero-order chi connectivity index (χ0) is 17.9. The van der Waals surface area contributed by atoms with Gasteiger partial charge >= 0.3 is 5.69 Å². The number of H-pyrrole nitrogens is 1. The van der Waals surface area contributed by atoms with E-state index in [-0.39, 0.29) is 5.69 Å². The number of hydrogen-bond acceptors (Lipinski definition) is 4. The second-order valence-corrected chi connectivity index (χ2v) is 7.83. The van der Waals surface area contributed by atoms with E-state index in [0.29, 0.717) is 4.05 Å². The van der Waals surface area contributed by atoms with E-state index in [1.54, 1.807) is 0 Å². The Morgan fingerprint density at radius 1 is 1.04 bits per heavy atom. The summed E-state index contributed by atoms with van der Waals surface area (Å²) in [6.45, 7) is 4.05. The minimum Gasteiger partial charge on any atom is -0.357 e. The first-order valence-electron chi connectivity index (χ1n) is 8.60. The van der Waals surface area contributed by atoms with Crippen molar-refractivity contribution in [2.75, 3.05) is 24.5 Å². The van der Waals surface area contributed by atoms with Gasteiger partial charge in [0, 0.05) is 31.9 Å². The molecule has 0 saturated carbocycles. The molecule has 134 valence electrons. The van der Waals surface area contributed by atoms with Gasteiger partial charge < -0.3 is 4.90 Å². The van der Waals surface area contributed by atoms with Crippen LogP contribution in [0.2, 0.25) is 0 Å². The third-order valence-corrected chi connectivity index (χ3v) is 5.73. The first-order valence-corrected chi connectivity index (χ1v) is 9.85. The van der Waals surface area contributed by atoms with E-state index >= 15 is 0 Å². The molecule has 0 spiro atoms. The van der Waals surface area contributed by atoms with Crippen LogP contribution in [-0.2, 0) is 6.54 Å². The maximum Gasteiger partial charge on any atom is 0.347 e. The van der Waals surface area contributed by atoms with E-state index < -0.39 is 0 Å². The molecule has 6 nitrogen and oxygen atoms in total. The average molecular weight is 461 g/mol. The van der Waals surface area contributed by atoms with E-state index in [4.69, 9.17) is 0 Å². The minimum atomic E-state index is -0.223. The predicted octanol–water partition coefficient (Wildman–Crippen LogP) is 2.64. The third kappa shape index (κ3) is 3.68. The van der Waals surface area contributed by atoms with Crippen LogP contribution in [0.5, 0.6) is 0 Å². The molecular formula is C19H20IN5O. The first kappa shape index (κ1) is 17.3. The monoisotopic (exact) mass is 461 g/mol.